The smallest absolute Gasteiger partial charge is 0.0541 e. The summed E-state index contributed by atoms with van der Waals surface area (Å²) in [6, 6.07) is 0.489. The summed E-state index contributed by atoms with van der Waals surface area (Å²) in [4.78, 5) is 4.48. The highest BCUT2D eigenvalue weighted by Gasteiger charge is 2.17. The fraction of sp³-hybridized carbons (Fsp3) is 0.889. The van der Waals surface area contributed by atoms with E-state index in [2.05, 4.69) is 4.99 Å². The Morgan fingerprint density at radius 3 is 2.18 bits per heavy atom. The van der Waals surface area contributed by atoms with Gasteiger partial charge in [0, 0.05) is 5.71 Å². The maximum Gasteiger partial charge on any atom is 0.0541 e. The zero-order chi connectivity index (χ0) is 8.27. The molecule has 2 heteroatoms. The molecule has 1 fully saturated rings. The van der Waals surface area contributed by atoms with Gasteiger partial charge in [-0.05, 0) is 39.5 Å². The molecule has 1 aliphatic rings. The zero-order valence-corrected chi connectivity index (χ0v) is 7.38. The van der Waals surface area contributed by atoms with E-state index in [-0.39, 0.29) is 6.10 Å². The third-order valence-corrected chi connectivity index (χ3v) is 2.11. The molecular formula is C9H17NO. The zero-order valence-electron chi connectivity index (χ0n) is 7.38. The average molecular weight is 155 g/mol. The Morgan fingerprint density at radius 1 is 1.18 bits per heavy atom. The van der Waals surface area contributed by atoms with Crippen molar-refractivity contribution >= 4 is 5.71 Å². The first-order chi connectivity index (χ1) is 5.18. The summed E-state index contributed by atoms with van der Waals surface area (Å²) in [6.07, 6.45) is 3.93. The number of aliphatic imine (C=N–C) groups is 1. The first kappa shape index (κ1) is 8.72. The van der Waals surface area contributed by atoms with Crippen molar-refractivity contribution in [1.29, 1.82) is 0 Å². The molecule has 1 saturated carbocycles. The lowest BCUT2D eigenvalue weighted by Gasteiger charge is -2.22. The van der Waals surface area contributed by atoms with Crippen LogP contribution in [0.15, 0.2) is 4.99 Å². The van der Waals surface area contributed by atoms with Crippen LogP contribution in [0.4, 0.5) is 0 Å². The van der Waals surface area contributed by atoms with Gasteiger partial charge in [-0.3, -0.25) is 4.99 Å². The molecule has 2 nitrogen and oxygen atoms in total. The highest BCUT2D eigenvalue weighted by molar-refractivity contribution is 5.79. The molecular weight excluding hydrogens is 138 g/mol. The minimum Gasteiger partial charge on any atom is -0.393 e. The number of rotatable bonds is 1. The molecule has 0 aliphatic heterocycles. The Morgan fingerprint density at radius 2 is 1.73 bits per heavy atom. The SMILES string of the molecule is CC(C)=N[C@H]1CC[C@H](O)CC1. The van der Waals surface area contributed by atoms with Crippen molar-refractivity contribution in [3.63, 3.8) is 0 Å². The van der Waals surface area contributed by atoms with Gasteiger partial charge in [-0.1, -0.05) is 0 Å². The van der Waals surface area contributed by atoms with Crippen molar-refractivity contribution in [3.8, 4) is 0 Å². The fourth-order valence-corrected chi connectivity index (χ4v) is 1.55. The first-order valence-electron chi connectivity index (χ1n) is 4.37. The van der Waals surface area contributed by atoms with Gasteiger partial charge in [0.2, 0.25) is 0 Å². The molecule has 1 N–H and O–H groups in total. The largest absolute Gasteiger partial charge is 0.393 e. The molecule has 0 atom stereocenters. The van der Waals surface area contributed by atoms with Crippen molar-refractivity contribution in [3.05, 3.63) is 0 Å². The topological polar surface area (TPSA) is 32.6 Å². The number of aliphatic hydroxyl groups excluding tert-OH is 1. The Hall–Kier alpha value is -0.370. The molecule has 1 aliphatic carbocycles. The lowest BCUT2D eigenvalue weighted by atomic mass is 9.93. The third kappa shape index (κ3) is 3.02. The minimum absolute atomic E-state index is 0.0568. The Kier molecular flexibility index (Phi) is 3.06. The van der Waals surface area contributed by atoms with Gasteiger partial charge in [0.1, 0.15) is 0 Å². The van der Waals surface area contributed by atoms with Crippen LogP contribution in [0, 0.1) is 0 Å². The van der Waals surface area contributed by atoms with Crippen LogP contribution in [0.3, 0.4) is 0 Å². The first-order valence-corrected chi connectivity index (χ1v) is 4.37. The van der Waals surface area contributed by atoms with Crippen molar-refractivity contribution in [2.45, 2.75) is 51.7 Å². The molecule has 0 amide bonds. The maximum absolute atomic E-state index is 9.21. The predicted molar refractivity (Wildman–Crippen MR) is 47.0 cm³/mol. The Labute approximate surface area is 68.3 Å². The van der Waals surface area contributed by atoms with Crippen LogP contribution in [0.5, 0.6) is 0 Å². The number of hydrogen-bond acceptors (Lipinski definition) is 2. The van der Waals surface area contributed by atoms with Gasteiger partial charge in [0.15, 0.2) is 0 Å². The van der Waals surface area contributed by atoms with Crippen LogP contribution in [0.2, 0.25) is 0 Å². The third-order valence-electron chi connectivity index (χ3n) is 2.11. The van der Waals surface area contributed by atoms with Gasteiger partial charge in [-0.15, -0.1) is 0 Å². The summed E-state index contributed by atoms with van der Waals surface area (Å²) in [5.74, 6) is 0. The normalized spacial score (nSPS) is 31.5. The molecule has 0 spiro atoms. The van der Waals surface area contributed by atoms with Crippen LogP contribution in [-0.4, -0.2) is 23.0 Å². The van der Waals surface area contributed by atoms with E-state index < -0.39 is 0 Å². The van der Waals surface area contributed by atoms with Gasteiger partial charge in [-0.25, -0.2) is 0 Å². The fourth-order valence-electron chi connectivity index (χ4n) is 1.55. The maximum atomic E-state index is 9.21. The van der Waals surface area contributed by atoms with Crippen LogP contribution >= 0.6 is 0 Å². The van der Waals surface area contributed by atoms with Crippen LogP contribution in [0.25, 0.3) is 0 Å². The van der Waals surface area contributed by atoms with E-state index in [4.69, 9.17) is 0 Å². The molecule has 0 unspecified atom stereocenters. The molecule has 0 bridgehead atoms. The Bertz CT molecular complexity index is 142. The lowest BCUT2D eigenvalue weighted by Crippen LogP contribution is -2.21. The molecule has 0 aromatic carbocycles. The van der Waals surface area contributed by atoms with E-state index in [0.717, 1.165) is 31.4 Å². The van der Waals surface area contributed by atoms with E-state index >= 15 is 0 Å². The lowest BCUT2D eigenvalue weighted by molar-refractivity contribution is 0.123. The Balaban J connectivity index is 2.34. The van der Waals surface area contributed by atoms with Gasteiger partial charge >= 0.3 is 0 Å². The van der Waals surface area contributed by atoms with Crippen LogP contribution in [0.1, 0.15) is 39.5 Å². The monoisotopic (exact) mass is 155 g/mol. The molecule has 11 heavy (non-hydrogen) atoms. The summed E-state index contributed by atoms with van der Waals surface area (Å²) in [6.45, 7) is 4.07. The second-order valence-electron chi connectivity index (χ2n) is 3.54. The number of aliphatic hydroxyl groups is 1. The van der Waals surface area contributed by atoms with Crippen LogP contribution < -0.4 is 0 Å². The highest BCUT2D eigenvalue weighted by atomic mass is 16.3. The second kappa shape index (κ2) is 3.86. The van der Waals surface area contributed by atoms with Gasteiger partial charge in [0.05, 0.1) is 12.1 Å². The number of hydrogen-bond donors (Lipinski definition) is 1. The molecule has 0 aromatic rings. The van der Waals surface area contributed by atoms with Crippen LogP contribution in [-0.2, 0) is 0 Å². The summed E-state index contributed by atoms with van der Waals surface area (Å²) in [5.41, 5.74) is 1.16. The molecule has 0 radical (unpaired) electrons. The van der Waals surface area contributed by atoms with Crippen molar-refractivity contribution in [2.24, 2.45) is 4.99 Å². The van der Waals surface area contributed by atoms with Crippen molar-refractivity contribution in [2.75, 3.05) is 0 Å². The van der Waals surface area contributed by atoms with E-state index in [1.165, 1.54) is 0 Å². The molecule has 0 aromatic heterocycles. The molecule has 0 heterocycles. The van der Waals surface area contributed by atoms with Gasteiger partial charge < -0.3 is 5.11 Å². The number of nitrogens with zero attached hydrogens (tertiary/aromatic N) is 1. The van der Waals surface area contributed by atoms with E-state index in [1.54, 1.807) is 0 Å². The van der Waals surface area contributed by atoms with Gasteiger partial charge in [-0.2, -0.15) is 0 Å². The summed E-state index contributed by atoms with van der Waals surface area (Å²) < 4.78 is 0. The summed E-state index contributed by atoms with van der Waals surface area (Å²) in [5, 5.41) is 9.21. The summed E-state index contributed by atoms with van der Waals surface area (Å²) in [7, 11) is 0. The van der Waals surface area contributed by atoms with E-state index in [9.17, 15) is 5.11 Å². The van der Waals surface area contributed by atoms with Gasteiger partial charge in [0.25, 0.3) is 0 Å². The van der Waals surface area contributed by atoms with E-state index in [0.29, 0.717) is 6.04 Å². The second-order valence-corrected chi connectivity index (χ2v) is 3.54. The predicted octanol–water partition coefficient (Wildman–Crippen LogP) is 1.77. The molecule has 64 valence electrons. The van der Waals surface area contributed by atoms with Crippen molar-refractivity contribution in [1.82, 2.24) is 0 Å². The quantitative estimate of drug-likeness (QED) is 0.575. The highest BCUT2D eigenvalue weighted by Crippen LogP contribution is 2.20. The minimum atomic E-state index is -0.0568. The van der Waals surface area contributed by atoms with Crippen molar-refractivity contribution < 1.29 is 5.11 Å². The van der Waals surface area contributed by atoms with E-state index in [1.807, 2.05) is 13.8 Å². The standard InChI is InChI=1S/C9H17NO/c1-7(2)10-8-3-5-9(11)6-4-8/h8-9,11H,3-6H2,1-2H3/t8-,9-. The summed E-state index contributed by atoms with van der Waals surface area (Å²) >= 11 is 0. The average Bonchev–Trinajstić information content (AvgIpc) is 1.93. The molecule has 0 saturated heterocycles. The molecule has 1 rings (SSSR count).